The normalized spacial score (nSPS) is 11.9. The second-order valence-electron chi connectivity index (χ2n) is 11.8. The lowest BCUT2D eigenvalue weighted by Crippen LogP contribution is -2.11. The van der Waals surface area contributed by atoms with Crippen molar-refractivity contribution >= 4 is 82.7 Å². The quantitative estimate of drug-likeness (QED) is 0.204. The van der Waals surface area contributed by atoms with E-state index in [9.17, 15) is 0 Å². The van der Waals surface area contributed by atoms with E-state index in [0.717, 1.165) is 77.7 Å². The van der Waals surface area contributed by atoms with Crippen LogP contribution >= 0.6 is 0 Å². The molecule has 7 aromatic carbocycles. The van der Waals surface area contributed by atoms with Gasteiger partial charge in [0.05, 0.1) is 16.7 Å². The van der Waals surface area contributed by atoms with Gasteiger partial charge in [-0.1, -0.05) is 84.9 Å². The predicted octanol–water partition coefficient (Wildman–Crippen LogP) is 12.1. The van der Waals surface area contributed by atoms with E-state index >= 15 is 0 Å². The molecule has 0 aliphatic heterocycles. The summed E-state index contributed by atoms with van der Waals surface area (Å²) in [6.07, 6.45) is 0. The Morgan fingerprint density at radius 2 is 0.913 bits per heavy atom. The van der Waals surface area contributed by atoms with Crippen LogP contribution in [0, 0.1) is 0 Å². The van der Waals surface area contributed by atoms with Crippen LogP contribution in [0.5, 0.6) is 0 Å². The van der Waals surface area contributed by atoms with Crippen LogP contribution in [0.4, 0.5) is 17.1 Å². The molecule has 4 heteroatoms. The summed E-state index contributed by atoms with van der Waals surface area (Å²) in [6, 6.07) is 55.4. The van der Waals surface area contributed by atoms with E-state index < -0.39 is 0 Å². The van der Waals surface area contributed by atoms with Crippen LogP contribution in [0.25, 0.3) is 71.4 Å². The van der Waals surface area contributed by atoms with Gasteiger partial charge in [-0.15, -0.1) is 0 Å². The van der Waals surface area contributed by atoms with E-state index in [1.165, 1.54) is 10.8 Å². The second-order valence-corrected chi connectivity index (χ2v) is 11.8. The van der Waals surface area contributed by atoms with Gasteiger partial charge in [-0.25, -0.2) is 0 Å². The van der Waals surface area contributed by atoms with E-state index in [0.29, 0.717) is 0 Å². The molecule has 10 rings (SSSR count). The lowest BCUT2D eigenvalue weighted by molar-refractivity contribution is 0.669. The molecule has 0 spiro atoms. The maximum atomic E-state index is 6.40. The third-order valence-corrected chi connectivity index (χ3v) is 9.17. The minimum atomic E-state index is 0.851. The highest BCUT2D eigenvalue weighted by Gasteiger charge is 2.23. The smallest absolute Gasteiger partial charge is 0.137 e. The summed E-state index contributed by atoms with van der Waals surface area (Å²) in [5.74, 6) is 0. The van der Waals surface area contributed by atoms with Crippen LogP contribution in [-0.4, -0.2) is 4.57 Å². The molecule has 216 valence electrons. The van der Waals surface area contributed by atoms with Crippen molar-refractivity contribution in [3.63, 3.8) is 0 Å². The summed E-state index contributed by atoms with van der Waals surface area (Å²) in [4.78, 5) is 2.33. The Balaban J connectivity index is 1.30. The summed E-state index contributed by atoms with van der Waals surface area (Å²) in [7, 11) is 0. The van der Waals surface area contributed by atoms with Crippen molar-refractivity contribution in [3.8, 4) is 5.69 Å². The summed E-state index contributed by atoms with van der Waals surface area (Å²) < 4.78 is 15.2. The number of para-hydroxylation sites is 5. The number of nitrogens with zero attached hydrogens (tertiary/aromatic N) is 2. The number of hydrogen-bond donors (Lipinski definition) is 0. The topological polar surface area (TPSA) is 34.5 Å². The lowest BCUT2D eigenvalue weighted by atomic mass is 10.1. The molecule has 0 amide bonds. The van der Waals surface area contributed by atoms with Crippen LogP contribution in [0.3, 0.4) is 0 Å². The van der Waals surface area contributed by atoms with Gasteiger partial charge in [0, 0.05) is 61.5 Å². The number of fused-ring (bicyclic) bond motifs is 9. The van der Waals surface area contributed by atoms with Crippen molar-refractivity contribution in [2.75, 3.05) is 4.90 Å². The Kier molecular flexibility index (Phi) is 5.25. The molecule has 10 aromatic rings. The van der Waals surface area contributed by atoms with Crippen molar-refractivity contribution in [2.24, 2.45) is 0 Å². The minimum Gasteiger partial charge on any atom is -0.456 e. The Morgan fingerprint density at radius 1 is 0.391 bits per heavy atom. The second kappa shape index (κ2) is 9.62. The standard InChI is InChI=1S/C42H26N2O2/c1-2-11-27(12-3-1)44-36-17-7-4-13-30(36)35-16-10-18-37(42(35)44)43(28-21-23-33-31-14-5-8-19-38(31)45-40(33)25-28)29-22-24-34-32-15-6-9-20-39(32)46-41(34)26-29/h1-26H. The molecule has 0 saturated heterocycles. The Bertz CT molecular complexity index is 2650. The van der Waals surface area contributed by atoms with E-state index in [1.54, 1.807) is 0 Å². The summed E-state index contributed by atoms with van der Waals surface area (Å²) >= 11 is 0. The van der Waals surface area contributed by atoms with Crippen LogP contribution in [-0.2, 0) is 0 Å². The molecule has 0 radical (unpaired) electrons. The van der Waals surface area contributed by atoms with Crippen molar-refractivity contribution in [1.29, 1.82) is 0 Å². The fourth-order valence-electron chi connectivity index (χ4n) is 7.16. The summed E-state index contributed by atoms with van der Waals surface area (Å²) in [5, 5.41) is 6.84. The maximum Gasteiger partial charge on any atom is 0.137 e. The van der Waals surface area contributed by atoms with Crippen molar-refractivity contribution in [2.45, 2.75) is 0 Å². The number of hydrogen-bond acceptors (Lipinski definition) is 3. The zero-order valence-electron chi connectivity index (χ0n) is 24.7. The van der Waals surface area contributed by atoms with Gasteiger partial charge >= 0.3 is 0 Å². The highest BCUT2D eigenvalue weighted by atomic mass is 16.3. The van der Waals surface area contributed by atoms with Gasteiger partial charge in [0.15, 0.2) is 0 Å². The van der Waals surface area contributed by atoms with Gasteiger partial charge in [-0.3, -0.25) is 0 Å². The first-order chi connectivity index (χ1) is 22.8. The van der Waals surface area contributed by atoms with Crippen molar-refractivity contribution in [3.05, 3.63) is 158 Å². The van der Waals surface area contributed by atoms with Crippen LogP contribution in [0.15, 0.2) is 167 Å². The zero-order valence-corrected chi connectivity index (χ0v) is 24.7. The first kappa shape index (κ1) is 25.1. The van der Waals surface area contributed by atoms with Gasteiger partial charge in [0.1, 0.15) is 22.3 Å². The van der Waals surface area contributed by atoms with Gasteiger partial charge in [-0.05, 0) is 60.7 Å². The minimum absolute atomic E-state index is 0.851. The van der Waals surface area contributed by atoms with Gasteiger partial charge in [-0.2, -0.15) is 0 Å². The molecule has 46 heavy (non-hydrogen) atoms. The highest BCUT2D eigenvalue weighted by molar-refractivity contribution is 6.15. The highest BCUT2D eigenvalue weighted by Crippen LogP contribution is 2.45. The Morgan fingerprint density at radius 3 is 1.57 bits per heavy atom. The molecule has 0 aliphatic rings. The molecule has 0 aliphatic carbocycles. The van der Waals surface area contributed by atoms with Gasteiger partial charge in [0.2, 0.25) is 0 Å². The number of aromatic nitrogens is 1. The zero-order chi connectivity index (χ0) is 30.2. The number of furan rings is 2. The average Bonchev–Trinajstić information content (AvgIpc) is 3.78. The monoisotopic (exact) mass is 590 g/mol. The van der Waals surface area contributed by atoms with Crippen LogP contribution < -0.4 is 4.90 Å². The number of rotatable bonds is 4. The molecular formula is C42H26N2O2. The Labute approximate surface area is 263 Å². The molecule has 0 bridgehead atoms. The number of anilines is 3. The molecule has 3 aromatic heterocycles. The van der Waals surface area contributed by atoms with Crippen LogP contribution in [0.2, 0.25) is 0 Å². The lowest BCUT2D eigenvalue weighted by Gasteiger charge is -2.27. The SMILES string of the molecule is c1ccc(-n2c3ccccc3c3cccc(N(c4ccc5c(c4)oc4ccccc45)c4ccc5c(c4)oc4ccccc45)c32)cc1. The third kappa shape index (κ3) is 3.61. The van der Waals surface area contributed by atoms with E-state index in [4.69, 9.17) is 8.83 Å². The van der Waals surface area contributed by atoms with Gasteiger partial charge < -0.3 is 18.3 Å². The van der Waals surface area contributed by atoms with E-state index in [1.807, 2.05) is 24.3 Å². The summed E-state index contributed by atoms with van der Waals surface area (Å²) in [6.45, 7) is 0. The molecule has 0 unspecified atom stereocenters. The van der Waals surface area contributed by atoms with Crippen LogP contribution in [0.1, 0.15) is 0 Å². The first-order valence-corrected chi connectivity index (χ1v) is 15.5. The average molecular weight is 591 g/mol. The van der Waals surface area contributed by atoms with E-state index in [2.05, 4.69) is 143 Å². The molecular weight excluding hydrogens is 564 g/mol. The first-order valence-electron chi connectivity index (χ1n) is 15.5. The molecule has 4 nitrogen and oxygen atoms in total. The van der Waals surface area contributed by atoms with Crippen molar-refractivity contribution in [1.82, 2.24) is 4.57 Å². The summed E-state index contributed by atoms with van der Waals surface area (Å²) in [5.41, 5.74) is 9.94. The molecule has 0 fully saturated rings. The third-order valence-electron chi connectivity index (χ3n) is 9.17. The number of benzene rings is 7. The Hall–Kier alpha value is -6.26. The van der Waals surface area contributed by atoms with Gasteiger partial charge in [0.25, 0.3) is 0 Å². The molecule has 3 heterocycles. The van der Waals surface area contributed by atoms with Crippen molar-refractivity contribution < 1.29 is 8.83 Å². The molecule has 0 saturated carbocycles. The molecule has 0 atom stereocenters. The fourth-order valence-corrected chi connectivity index (χ4v) is 7.16. The fraction of sp³-hybridized carbons (Fsp3) is 0. The molecule has 0 N–H and O–H groups in total. The van der Waals surface area contributed by atoms with E-state index in [-0.39, 0.29) is 0 Å². The largest absolute Gasteiger partial charge is 0.456 e. The maximum absolute atomic E-state index is 6.40. The predicted molar refractivity (Wildman–Crippen MR) is 190 cm³/mol.